The Morgan fingerprint density at radius 2 is 1.33 bits per heavy atom. The number of amides is 4. The second-order valence-corrected chi connectivity index (χ2v) is 12.4. The van der Waals surface area contributed by atoms with Crippen LogP contribution in [0.5, 0.6) is 0 Å². The van der Waals surface area contributed by atoms with Crippen molar-refractivity contribution in [2.24, 2.45) is 17.6 Å². The molecular formula is C31H51N5O5S. The average Bonchev–Trinajstić information content (AvgIpc) is 2.93. The summed E-state index contributed by atoms with van der Waals surface area (Å²) in [4.78, 5) is 65.1. The number of rotatable bonds is 20. The van der Waals surface area contributed by atoms with Crippen molar-refractivity contribution in [2.75, 3.05) is 18.6 Å². The first-order chi connectivity index (χ1) is 19.9. The van der Waals surface area contributed by atoms with Gasteiger partial charge in [0.15, 0.2) is 5.78 Å². The van der Waals surface area contributed by atoms with Gasteiger partial charge in [0.05, 0.1) is 6.04 Å². The zero-order chi connectivity index (χ0) is 31.7. The number of benzene rings is 1. The van der Waals surface area contributed by atoms with Crippen molar-refractivity contribution in [3.8, 4) is 0 Å². The molecule has 4 amide bonds. The molecule has 0 bridgehead atoms. The highest BCUT2D eigenvalue weighted by Crippen LogP contribution is 2.12. The maximum absolute atomic E-state index is 13.6. The van der Waals surface area contributed by atoms with Crippen molar-refractivity contribution in [3.63, 3.8) is 0 Å². The number of unbranched alkanes of at least 4 members (excludes halogenated alkanes) is 1. The number of nitrogens with two attached hydrogens (primary N) is 1. The molecule has 11 heteroatoms. The van der Waals surface area contributed by atoms with Crippen molar-refractivity contribution in [1.29, 1.82) is 0 Å². The molecule has 1 aromatic carbocycles. The third-order valence-corrected chi connectivity index (χ3v) is 7.38. The molecule has 236 valence electrons. The van der Waals surface area contributed by atoms with E-state index in [9.17, 15) is 24.0 Å². The maximum Gasteiger partial charge on any atom is 0.243 e. The number of carbonyl (C=O) groups excluding carboxylic acids is 5. The Morgan fingerprint density at radius 1 is 0.762 bits per heavy atom. The Morgan fingerprint density at radius 3 is 1.88 bits per heavy atom. The fraction of sp³-hybridized carbons (Fsp3) is 0.645. The Bertz CT molecular complexity index is 1000. The summed E-state index contributed by atoms with van der Waals surface area (Å²) in [7, 11) is 0. The Labute approximate surface area is 255 Å². The quantitative estimate of drug-likeness (QED) is 0.143. The molecule has 0 saturated heterocycles. The average molecular weight is 606 g/mol. The van der Waals surface area contributed by atoms with Gasteiger partial charge in [-0.15, -0.1) is 0 Å². The molecule has 1 rings (SSSR count). The van der Waals surface area contributed by atoms with Gasteiger partial charge < -0.3 is 27.0 Å². The number of hydrogen-bond acceptors (Lipinski definition) is 7. The third kappa shape index (κ3) is 14.3. The first-order valence-corrected chi connectivity index (χ1v) is 16.2. The SMILES string of the molecule is CSCCC(NC(C)=O)C(=O)NC(CC(C)C)C(=O)NC(Cc1ccccc1)C(=O)NC(CCCCN)C(=O)C(C)C. The van der Waals surface area contributed by atoms with Crippen molar-refractivity contribution >= 4 is 41.2 Å². The van der Waals surface area contributed by atoms with Crippen LogP contribution in [-0.4, -0.2) is 72.1 Å². The van der Waals surface area contributed by atoms with Crippen LogP contribution in [0.15, 0.2) is 30.3 Å². The Kier molecular flexibility index (Phi) is 17.7. The van der Waals surface area contributed by atoms with E-state index >= 15 is 0 Å². The largest absolute Gasteiger partial charge is 0.345 e. The lowest BCUT2D eigenvalue weighted by Crippen LogP contribution is -2.58. The smallest absolute Gasteiger partial charge is 0.243 e. The van der Waals surface area contributed by atoms with Crippen molar-refractivity contribution in [2.45, 2.75) is 97.3 Å². The monoisotopic (exact) mass is 605 g/mol. The highest BCUT2D eigenvalue weighted by atomic mass is 32.2. The summed E-state index contributed by atoms with van der Waals surface area (Å²) in [5.74, 6) is -1.40. The van der Waals surface area contributed by atoms with E-state index in [1.54, 1.807) is 25.6 Å². The van der Waals surface area contributed by atoms with Crippen LogP contribution in [0.4, 0.5) is 0 Å². The summed E-state index contributed by atoms with van der Waals surface area (Å²) in [6.07, 6.45) is 4.73. The molecule has 0 aromatic heterocycles. The van der Waals surface area contributed by atoms with E-state index in [2.05, 4.69) is 21.3 Å². The van der Waals surface area contributed by atoms with Gasteiger partial charge in [0.25, 0.3) is 0 Å². The van der Waals surface area contributed by atoms with Gasteiger partial charge in [0.1, 0.15) is 18.1 Å². The normalized spacial score (nSPS) is 14.0. The van der Waals surface area contributed by atoms with Gasteiger partial charge in [-0.3, -0.25) is 24.0 Å². The van der Waals surface area contributed by atoms with Crippen LogP contribution in [-0.2, 0) is 30.4 Å². The molecule has 10 nitrogen and oxygen atoms in total. The van der Waals surface area contributed by atoms with E-state index in [-0.39, 0.29) is 29.9 Å². The van der Waals surface area contributed by atoms with Crippen LogP contribution >= 0.6 is 11.8 Å². The highest BCUT2D eigenvalue weighted by Gasteiger charge is 2.32. The molecule has 1 aromatic rings. The predicted octanol–water partition coefficient (Wildman–Crippen LogP) is 2.34. The minimum Gasteiger partial charge on any atom is -0.345 e. The standard InChI is InChI=1S/C31H51N5O5S/c1-20(2)18-26(35-29(39)25(15-17-42-6)33-22(5)37)30(40)36-27(19-23-12-8-7-9-13-23)31(41)34-24(14-10-11-16-32)28(38)21(3)4/h7-9,12-13,20-21,24-27H,10-11,14-19,32H2,1-6H3,(H,33,37)(H,34,41)(H,35,39)(H,36,40). The molecule has 0 aliphatic heterocycles. The van der Waals surface area contributed by atoms with E-state index in [1.807, 2.05) is 50.4 Å². The molecule has 4 atom stereocenters. The molecule has 0 aliphatic rings. The minimum atomic E-state index is -0.980. The van der Waals surface area contributed by atoms with Crippen LogP contribution in [0.3, 0.4) is 0 Å². The van der Waals surface area contributed by atoms with Gasteiger partial charge in [-0.05, 0) is 62.1 Å². The second kappa shape index (κ2) is 20.1. The van der Waals surface area contributed by atoms with Gasteiger partial charge in [0, 0.05) is 19.3 Å². The fourth-order valence-electron chi connectivity index (χ4n) is 4.51. The molecule has 6 N–H and O–H groups in total. The van der Waals surface area contributed by atoms with Crippen LogP contribution in [0.2, 0.25) is 0 Å². The van der Waals surface area contributed by atoms with Gasteiger partial charge in [0.2, 0.25) is 23.6 Å². The summed E-state index contributed by atoms with van der Waals surface area (Å²) in [6, 6.07) is 5.91. The molecule has 0 fully saturated rings. The topological polar surface area (TPSA) is 159 Å². The van der Waals surface area contributed by atoms with Crippen molar-refractivity contribution in [1.82, 2.24) is 21.3 Å². The number of ketones is 1. The van der Waals surface area contributed by atoms with Gasteiger partial charge in [-0.2, -0.15) is 11.8 Å². The molecule has 0 heterocycles. The summed E-state index contributed by atoms with van der Waals surface area (Å²) < 4.78 is 0. The molecule has 0 spiro atoms. The lowest BCUT2D eigenvalue weighted by Gasteiger charge is -2.27. The van der Waals surface area contributed by atoms with E-state index in [1.165, 1.54) is 6.92 Å². The molecule has 0 aliphatic carbocycles. The summed E-state index contributed by atoms with van der Waals surface area (Å²) in [5.41, 5.74) is 6.47. The lowest BCUT2D eigenvalue weighted by molar-refractivity contribution is -0.134. The summed E-state index contributed by atoms with van der Waals surface area (Å²) in [6.45, 7) is 9.29. The van der Waals surface area contributed by atoms with Crippen LogP contribution < -0.4 is 27.0 Å². The van der Waals surface area contributed by atoms with Crippen LogP contribution in [0, 0.1) is 11.8 Å². The zero-order valence-corrected chi connectivity index (χ0v) is 26.9. The van der Waals surface area contributed by atoms with Gasteiger partial charge in [-0.25, -0.2) is 0 Å². The number of carbonyl (C=O) groups is 5. The zero-order valence-electron chi connectivity index (χ0n) is 26.0. The number of Topliss-reactive ketones (excluding diaryl/α,β-unsaturated/α-hetero) is 1. The second-order valence-electron chi connectivity index (χ2n) is 11.4. The molecule has 42 heavy (non-hydrogen) atoms. The fourth-order valence-corrected chi connectivity index (χ4v) is 4.98. The molecule has 4 unspecified atom stereocenters. The molecule has 0 saturated carbocycles. The number of nitrogens with one attached hydrogen (secondary N) is 4. The molecular weight excluding hydrogens is 554 g/mol. The predicted molar refractivity (Wildman–Crippen MR) is 169 cm³/mol. The van der Waals surface area contributed by atoms with E-state index < -0.39 is 41.9 Å². The first kappa shape index (κ1) is 37.1. The van der Waals surface area contributed by atoms with E-state index in [0.29, 0.717) is 38.0 Å². The van der Waals surface area contributed by atoms with Crippen molar-refractivity contribution < 1.29 is 24.0 Å². The maximum atomic E-state index is 13.6. The van der Waals surface area contributed by atoms with Crippen LogP contribution in [0.1, 0.15) is 72.3 Å². The van der Waals surface area contributed by atoms with E-state index in [4.69, 9.17) is 5.73 Å². The Hall–Kier alpha value is -2.92. The number of thioether (sulfide) groups is 1. The lowest BCUT2D eigenvalue weighted by atomic mass is 9.96. The first-order valence-electron chi connectivity index (χ1n) is 14.8. The highest BCUT2D eigenvalue weighted by molar-refractivity contribution is 7.98. The van der Waals surface area contributed by atoms with Crippen LogP contribution in [0.25, 0.3) is 0 Å². The van der Waals surface area contributed by atoms with Gasteiger partial charge >= 0.3 is 0 Å². The summed E-state index contributed by atoms with van der Waals surface area (Å²) in [5, 5.41) is 11.2. The van der Waals surface area contributed by atoms with E-state index in [0.717, 1.165) is 12.0 Å². The third-order valence-electron chi connectivity index (χ3n) is 6.74. The number of hydrogen-bond donors (Lipinski definition) is 5. The van der Waals surface area contributed by atoms with Crippen molar-refractivity contribution in [3.05, 3.63) is 35.9 Å². The Balaban J connectivity index is 3.22. The van der Waals surface area contributed by atoms with Gasteiger partial charge in [-0.1, -0.05) is 58.0 Å². The summed E-state index contributed by atoms with van der Waals surface area (Å²) >= 11 is 1.55. The minimum absolute atomic E-state index is 0.0588. The molecule has 0 radical (unpaired) electrons.